The van der Waals surface area contributed by atoms with Crippen LogP contribution in [0.25, 0.3) is 0 Å². The van der Waals surface area contributed by atoms with E-state index in [1.807, 2.05) is 0 Å². The van der Waals surface area contributed by atoms with E-state index in [-0.39, 0.29) is 0 Å². The lowest BCUT2D eigenvalue weighted by Crippen LogP contribution is -2.49. The highest BCUT2D eigenvalue weighted by atomic mass is 32.2. The second-order valence-corrected chi connectivity index (χ2v) is 8.58. The first kappa shape index (κ1) is 14.7. The van der Waals surface area contributed by atoms with E-state index in [4.69, 9.17) is 0 Å². The van der Waals surface area contributed by atoms with Crippen LogP contribution in [0.1, 0.15) is 59.8 Å². The number of hydrogen-bond acceptors (Lipinski definition) is 2. The Kier molecular flexibility index (Phi) is 5.05. The molecule has 1 saturated heterocycles. The largest absolute Gasteiger partial charge is 0.310 e. The Morgan fingerprint density at radius 3 is 2.56 bits per heavy atom. The lowest BCUT2D eigenvalue weighted by Gasteiger charge is -2.41. The Bertz CT molecular complexity index is 262. The topological polar surface area (TPSA) is 12.0 Å². The van der Waals surface area contributed by atoms with Crippen LogP contribution in [0.3, 0.4) is 0 Å². The molecule has 2 fully saturated rings. The maximum atomic E-state index is 4.02. The quantitative estimate of drug-likeness (QED) is 0.819. The van der Waals surface area contributed by atoms with Crippen LogP contribution in [-0.2, 0) is 0 Å². The lowest BCUT2D eigenvalue weighted by atomic mass is 9.77. The molecule has 106 valence electrons. The molecule has 1 aliphatic heterocycles. The molecule has 2 heteroatoms. The minimum atomic E-state index is 0.530. The highest BCUT2D eigenvalue weighted by molar-refractivity contribution is 7.99. The molecule has 2 rings (SSSR count). The maximum Gasteiger partial charge on any atom is 0.0166 e. The van der Waals surface area contributed by atoms with Crippen molar-refractivity contribution in [3.8, 4) is 0 Å². The summed E-state index contributed by atoms with van der Waals surface area (Å²) < 4.78 is 0. The minimum Gasteiger partial charge on any atom is -0.310 e. The van der Waals surface area contributed by atoms with Crippen LogP contribution in [-0.4, -0.2) is 23.6 Å². The highest BCUT2D eigenvalue weighted by Crippen LogP contribution is 2.36. The van der Waals surface area contributed by atoms with E-state index in [1.54, 1.807) is 0 Å². The van der Waals surface area contributed by atoms with E-state index in [9.17, 15) is 0 Å². The Morgan fingerprint density at radius 1 is 1.17 bits per heavy atom. The molecule has 1 N–H and O–H groups in total. The molecule has 3 unspecified atom stereocenters. The van der Waals surface area contributed by atoms with E-state index in [0.717, 1.165) is 23.9 Å². The van der Waals surface area contributed by atoms with Crippen molar-refractivity contribution in [1.29, 1.82) is 0 Å². The van der Waals surface area contributed by atoms with Crippen LogP contribution in [0.2, 0.25) is 0 Å². The molecule has 1 saturated carbocycles. The van der Waals surface area contributed by atoms with Gasteiger partial charge < -0.3 is 5.32 Å². The van der Waals surface area contributed by atoms with Gasteiger partial charge in [-0.05, 0) is 42.3 Å². The average Bonchev–Trinajstić information content (AvgIpc) is 2.28. The van der Waals surface area contributed by atoms with Gasteiger partial charge in [-0.25, -0.2) is 0 Å². The summed E-state index contributed by atoms with van der Waals surface area (Å²) in [7, 11) is 0. The van der Waals surface area contributed by atoms with E-state index < -0.39 is 0 Å². The second-order valence-electron chi connectivity index (χ2n) is 7.55. The summed E-state index contributed by atoms with van der Waals surface area (Å²) in [5.74, 6) is 4.41. The third-order valence-electron chi connectivity index (χ3n) is 4.74. The molecule has 0 amide bonds. The summed E-state index contributed by atoms with van der Waals surface area (Å²) in [6, 6.07) is 1.54. The van der Waals surface area contributed by atoms with Crippen molar-refractivity contribution in [3.05, 3.63) is 0 Å². The molecule has 1 heterocycles. The molecule has 0 spiro atoms. The maximum absolute atomic E-state index is 4.02. The van der Waals surface area contributed by atoms with Crippen molar-refractivity contribution in [2.45, 2.75) is 71.9 Å². The fraction of sp³-hybridized carbons (Fsp3) is 1.00. The molecule has 0 bridgehead atoms. The SMILES string of the molecule is CC(C)C1CCCCC1NC1CSCC(C)(C)C1. The number of rotatable bonds is 3. The van der Waals surface area contributed by atoms with Gasteiger partial charge in [0, 0.05) is 17.8 Å². The molecular formula is C16H31NS. The Hall–Kier alpha value is 0.310. The Balaban J connectivity index is 1.90. The van der Waals surface area contributed by atoms with Gasteiger partial charge in [-0.1, -0.05) is 40.5 Å². The van der Waals surface area contributed by atoms with E-state index in [1.165, 1.54) is 43.6 Å². The normalized spacial score (nSPS) is 36.8. The van der Waals surface area contributed by atoms with Gasteiger partial charge in [-0.3, -0.25) is 0 Å². The summed E-state index contributed by atoms with van der Waals surface area (Å²) in [6.07, 6.45) is 7.10. The van der Waals surface area contributed by atoms with Gasteiger partial charge in [-0.2, -0.15) is 11.8 Å². The first-order valence-corrected chi connectivity index (χ1v) is 8.97. The van der Waals surface area contributed by atoms with Gasteiger partial charge in [-0.15, -0.1) is 0 Å². The zero-order valence-electron chi connectivity index (χ0n) is 12.7. The predicted molar refractivity (Wildman–Crippen MR) is 83.2 cm³/mol. The lowest BCUT2D eigenvalue weighted by molar-refractivity contribution is 0.181. The van der Waals surface area contributed by atoms with Crippen LogP contribution >= 0.6 is 11.8 Å². The molecule has 2 aliphatic rings. The van der Waals surface area contributed by atoms with Gasteiger partial charge >= 0.3 is 0 Å². The molecule has 18 heavy (non-hydrogen) atoms. The van der Waals surface area contributed by atoms with Crippen molar-refractivity contribution >= 4 is 11.8 Å². The Morgan fingerprint density at radius 2 is 1.89 bits per heavy atom. The summed E-state index contributed by atoms with van der Waals surface area (Å²) in [5.41, 5.74) is 0.530. The fourth-order valence-corrected chi connectivity index (χ4v) is 5.12. The summed E-state index contributed by atoms with van der Waals surface area (Å²) >= 11 is 2.15. The third kappa shape index (κ3) is 3.90. The number of hydrogen-bond donors (Lipinski definition) is 1. The molecule has 0 aromatic carbocycles. The van der Waals surface area contributed by atoms with Crippen molar-refractivity contribution in [3.63, 3.8) is 0 Å². The van der Waals surface area contributed by atoms with Crippen LogP contribution in [0, 0.1) is 17.3 Å². The van der Waals surface area contributed by atoms with E-state index >= 15 is 0 Å². The first-order chi connectivity index (χ1) is 8.48. The van der Waals surface area contributed by atoms with Crippen LogP contribution < -0.4 is 5.32 Å². The van der Waals surface area contributed by atoms with Crippen LogP contribution in [0.15, 0.2) is 0 Å². The Labute approximate surface area is 118 Å². The standard InChI is InChI=1S/C16H31NS/c1-12(2)14-7-5-6-8-15(14)17-13-9-16(3,4)11-18-10-13/h12-15,17H,5-11H2,1-4H3. The van der Waals surface area contributed by atoms with Gasteiger partial charge in [0.25, 0.3) is 0 Å². The monoisotopic (exact) mass is 269 g/mol. The number of thioether (sulfide) groups is 1. The zero-order chi connectivity index (χ0) is 13.2. The van der Waals surface area contributed by atoms with Crippen molar-refractivity contribution in [1.82, 2.24) is 5.32 Å². The predicted octanol–water partition coefficient (Wildman–Crippen LogP) is 4.32. The second kappa shape index (κ2) is 6.17. The van der Waals surface area contributed by atoms with E-state index in [2.05, 4.69) is 44.8 Å². The highest BCUT2D eigenvalue weighted by Gasteiger charge is 2.33. The summed E-state index contributed by atoms with van der Waals surface area (Å²) in [4.78, 5) is 0. The van der Waals surface area contributed by atoms with Gasteiger partial charge in [0.1, 0.15) is 0 Å². The van der Waals surface area contributed by atoms with E-state index in [0.29, 0.717) is 5.41 Å². The van der Waals surface area contributed by atoms with Crippen molar-refractivity contribution in [2.24, 2.45) is 17.3 Å². The minimum absolute atomic E-state index is 0.530. The van der Waals surface area contributed by atoms with Crippen LogP contribution in [0.5, 0.6) is 0 Å². The fourth-order valence-electron chi connectivity index (χ4n) is 3.84. The molecular weight excluding hydrogens is 238 g/mol. The molecule has 0 radical (unpaired) electrons. The molecule has 3 atom stereocenters. The first-order valence-electron chi connectivity index (χ1n) is 7.82. The molecule has 1 nitrogen and oxygen atoms in total. The molecule has 0 aromatic heterocycles. The average molecular weight is 269 g/mol. The van der Waals surface area contributed by atoms with Gasteiger partial charge in [0.05, 0.1) is 0 Å². The zero-order valence-corrected chi connectivity index (χ0v) is 13.5. The molecule has 0 aromatic rings. The summed E-state index contributed by atoms with van der Waals surface area (Å²) in [5, 5.41) is 4.02. The van der Waals surface area contributed by atoms with Crippen molar-refractivity contribution < 1.29 is 0 Å². The van der Waals surface area contributed by atoms with Gasteiger partial charge in [0.2, 0.25) is 0 Å². The van der Waals surface area contributed by atoms with Crippen LogP contribution in [0.4, 0.5) is 0 Å². The molecule has 1 aliphatic carbocycles. The third-order valence-corrected chi connectivity index (χ3v) is 6.36. The van der Waals surface area contributed by atoms with Crippen molar-refractivity contribution in [2.75, 3.05) is 11.5 Å². The number of nitrogens with one attached hydrogen (secondary N) is 1. The smallest absolute Gasteiger partial charge is 0.0166 e. The summed E-state index contributed by atoms with van der Waals surface area (Å²) in [6.45, 7) is 9.66. The van der Waals surface area contributed by atoms with Gasteiger partial charge in [0.15, 0.2) is 0 Å².